The van der Waals surface area contributed by atoms with Crippen LogP contribution >= 0.6 is 0 Å². The fourth-order valence-corrected chi connectivity index (χ4v) is 8.06. The number of likely N-dealkylation sites (tertiary alicyclic amines) is 1. The molecule has 7 nitrogen and oxygen atoms in total. The van der Waals surface area contributed by atoms with E-state index in [2.05, 4.69) is 17.4 Å². The van der Waals surface area contributed by atoms with Gasteiger partial charge in [-0.3, -0.25) is 4.79 Å². The standard InChI is InChI=1S/C29H42N4O3S/c1-32-21-18-31-28(32)13-10-25(22-32)27(34)7-4-3-6-24-8-11-26(12-9-24)37(35,36)33(2)19-15-29(16-20-33)14-5-17-30-23-29/h8-13,22,30H,3-7,14-21,23H2,1-2H3/q+2. The highest BCUT2D eigenvalue weighted by Gasteiger charge is 2.47. The fourth-order valence-electron chi connectivity index (χ4n) is 6.40. The average Bonchev–Trinajstić information content (AvgIpc) is 3.30. The quantitative estimate of drug-likeness (QED) is 0.415. The van der Waals surface area contributed by atoms with Crippen molar-refractivity contribution in [2.75, 3.05) is 53.4 Å². The molecule has 1 aromatic carbocycles. The molecule has 0 saturated carbocycles. The summed E-state index contributed by atoms with van der Waals surface area (Å²) < 4.78 is 27.9. The number of carbonyl (C=O) groups is 1. The highest BCUT2D eigenvalue weighted by atomic mass is 32.2. The van der Waals surface area contributed by atoms with Gasteiger partial charge in [0.25, 0.3) is 0 Å². The number of likely N-dealkylation sites (N-methyl/N-ethyl adjacent to an activating group) is 1. The van der Waals surface area contributed by atoms with Crippen molar-refractivity contribution in [3.8, 4) is 0 Å². The Morgan fingerprint density at radius 3 is 2.49 bits per heavy atom. The molecule has 1 unspecified atom stereocenters. The molecule has 2 saturated heterocycles. The zero-order valence-corrected chi connectivity index (χ0v) is 23.2. The molecule has 1 aromatic rings. The SMILES string of the molecule is C[N+]12C=C(C(=O)CCCCc3ccc(S(=O)(=O)[N+]4(C)CCC5(CCCNC5)CC4)cc3)C=CC1=NCC2. The Morgan fingerprint density at radius 1 is 1.03 bits per heavy atom. The van der Waals surface area contributed by atoms with Gasteiger partial charge in [0.05, 0.1) is 39.3 Å². The van der Waals surface area contributed by atoms with Gasteiger partial charge in [0, 0.05) is 31.9 Å². The second kappa shape index (κ2) is 10.2. The highest BCUT2D eigenvalue weighted by molar-refractivity contribution is 7.86. The predicted octanol–water partition coefficient (Wildman–Crippen LogP) is 3.58. The first-order valence-electron chi connectivity index (χ1n) is 13.9. The van der Waals surface area contributed by atoms with Crippen LogP contribution in [0.25, 0.3) is 0 Å². The molecule has 4 aliphatic heterocycles. The van der Waals surface area contributed by atoms with Crippen molar-refractivity contribution < 1.29 is 21.6 Å². The van der Waals surface area contributed by atoms with Gasteiger partial charge in [-0.25, -0.2) is 13.4 Å². The van der Waals surface area contributed by atoms with E-state index in [0.717, 1.165) is 75.3 Å². The lowest BCUT2D eigenvalue weighted by Crippen LogP contribution is -2.58. The molecule has 1 atom stereocenters. The molecule has 4 heterocycles. The molecule has 0 bridgehead atoms. The summed E-state index contributed by atoms with van der Waals surface area (Å²) in [6.45, 7) is 5.19. The second-order valence-corrected chi connectivity index (χ2v) is 14.2. The Hall–Kier alpha value is -2.13. The van der Waals surface area contributed by atoms with E-state index in [9.17, 15) is 13.2 Å². The molecule has 1 spiro atoms. The van der Waals surface area contributed by atoms with Crippen LogP contribution in [0.4, 0.5) is 0 Å². The minimum absolute atomic E-state index is 0.103. The summed E-state index contributed by atoms with van der Waals surface area (Å²) in [4.78, 5) is 17.7. The van der Waals surface area contributed by atoms with Crippen molar-refractivity contribution in [3.05, 3.63) is 53.8 Å². The monoisotopic (exact) mass is 526 g/mol. The summed E-state index contributed by atoms with van der Waals surface area (Å²) in [6, 6.07) is 7.46. The predicted molar refractivity (Wildman–Crippen MR) is 146 cm³/mol. The first-order valence-corrected chi connectivity index (χ1v) is 15.3. The van der Waals surface area contributed by atoms with Gasteiger partial charge in [0.1, 0.15) is 17.6 Å². The summed E-state index contributed by atoms with van der Waals surface area (Å²) in [5.41, 5.74) is 2.19. The number of aliphatic imine (C=N–C) groups is 1. The van der Waals surface area contributed by atoms with Crippen LogP contribution in [0.5, 0.6) is 0 Å². The molecule has 0 radical (unpaired) electrons. The van der Waals surface area contributed by atoms with E-state index in [1.165, 1.54) is 12.8 Å². The molecule has 2 fully saturated rings. The van der Waals surface area contributed by atoms with Gasteiger partial charge in [-0.15, -0.1) is 0 Å². The maximum atomic E-state index is 13.6. The lowest BCUT2D eigenvalue weighted by Gasteiger charge is -2.47. The van der Waals surface area contributed by atoms with E-state index in [1.807, 2.05) is 37.5 Å². The number of piperidine rings is 2. The molecule has 0 aliphatic carbocycles. The van der Waals surface area contributed by atoms with Crippen LogP contribution in [0.3, 0.4) is 0 Å². The Morgan fingerprint density at radius 2 is 1.78 bits per heavy atom. The van der Waals surface area contributed by atoms with Crippen molar-refractivity contribution in [1.82, 2.24) is 5.32 Å². The third kappa shape index (κ3) is 5.26. The van der Waals surface area contributed by atoms with Crippen molar-refractivity contribution in [2.24, 2.45) is 10.4 Å². The normalized spacial score (nSPS) is 31.6. The first kappa shape index (κ1) is 26.5. The number of allylic oxidation sites excluding steroid dienone is 2. The number of fused-ring (bicyclic) bond motifs is 1. The third-order valence-electron chi connectivity index (χ3n) is 9.23. The number of unbranched alkanes of at least 4 members (excludes halogenated alkanes) is 1. The second-order valence-electron chi connectivity index (χ2n) is 11.9. The molecule has 4 aliphatic rings. The molecule has 37 heavy (non-hydrogen) atoms. The average molecular weight is 527 g/mol. The van der Waals surface area contributed by atoms with E-state index in [-0.39, 0.29) is 15.1 Å². The lowest BCUT2D eigenvalue weighted by molar-refractivity contribution is -0.794. The summed E-state index contributed by atoms with van der Waals surface area (Å²) in [5, 5.41) is 3.52. The molecule has 8 heteroatoms. The van der Waals surface area contributed by atoms with Crippen molar-refractivity contribution in [3.63, 3.8) is 0 Å². The Labute approximate surface area is 222 Å². The number of hydrogen-bond donors (Lipinski definition) is 1. The third-order valence-corrected chi connectivity index (χ3v) is 11.6. The van der Waals surface area contributed by atoms with Gasteiger partial charge in [0.2, 0.25) is 5.84 Å². The summed E-state index contributed by atoms with van der Waals surface area (Å²) in [5.74, 6) is 1.22. The smallest absolute Gasteiger partial charge is 0.316 e. The summed E-state index contributed by atoms with van der Waals surface area (Å²) in [6.07, 6.45) is 13.4. The van der Waals surface area contributed by atoms with E-state index < -0.39 is 10.0 Å². The van der Waals surface area contributed by atoms with E-state index in [4.69, 9.17) is 0 Å². The number of Topliss-reactive ketones (excluding diaryl/α,β-unsaturated/α-hetero) is 1. The number of carbonyl (C=O) groups excluding carboxylic acids is 1. The molecule has 1 N–H and O–H groups in total. The van der Waals surface area contributed by atoms with Crippen LogP contribution in [-0.2, 0) is 21.2 Å². The minimum atomic E-state index is -3.44. The zero-order chi connectivity index (χ0) is 26.2. The molecule has 5 rings (SSSR count). The number of nitrogens with one attached hydrogen (secondary N) is 1. The first-order chi connectivity index (χ1) is 17.6. The number of quaternary nitrogens is 2. The van der Waals surface area contributed by atoms with E-state index in [1.54, 1.807) is 12.1 Å². The van der Waals surface area contributed by atoms with E-state index in [0.29, 0.717) is 28.9 Å². The number of aryl methyl sites for hydroxylation is 1. The maximum absolute atomic E-state index is 13.6. The lowest BCUT2D eigenvalue weighted by atomic mass is 9.73. The van der Waals surface area contributed by atoms with Crippen LogP contribution in [-0.4, -0.2) is 81.8 Å². The Kier molecular flexibility index (Phi) is 7.31. The fraction of sp³-hybridized carbons (Fsp3) is 0.586. The van der Waals surface area contributed by atoms with Gasteiger partial charge in [-0.05, 0) is 67.8 Å². The van der Waals surface area contributed by atoms with Crippen molar-refractivity contribution in [2.45, 2.75) is 56.3 Å². The van der Waals surface area contributed by atoms with Gasteiger partial charge in [-0.1, -0.05) is 12.1 Å². The zero-order valence-electron chi connectivity index (χ0n) is 22.4. The summed E-state index contributed by atoms with van der Waals surface area (Å²) in [7, 11) is 0.547. The van der Waals surface area contributed by atoms with Gasteiger partial charge >= 0.3 is 10.0 Å². The molecular formula is C29H42N4O3S+2. The molecular weight excluding hydrogens is 484 g/mol. The van der Waals surface area contributed by atoms with Gasteiger partial charge in [0.15, 0.2) is 5.78 Å². The molecule has 0 amide bonds. The number of hydrogen-bond acceptors (Lipinski definition) is 5. The highest BCUT2D eigenvalue weighted by Crippen LogP contribution is 2.41. The van der Waals surface area contributed by atoms with Crippen LogP contribution in [0.2, 0.25) is 0 Å². The number of sulfonamides is 1. The van der Waals surface area contributed by atoms with Crippen molar-refractivity contribution in [1.29, 1.82) is 0 Å². The number of nitrogens with zero attached hydrogens (tertiary/aromatic N) is 3. The summed E-state index contributed by atoms with van der Waals surface area (Å²) >= 11 is 0. The molecule has 200 valence electrons. The Balaban J connectivity index is 1.12. The van der Waals surface area contributed by atoms with E-state index >= 15 is 0 Å². The van der Waals surface area contributed by atoms with Crippen molar-refractivity contribution >= 4 is 21.6 Å². The maximum Gasteiger partial charge on any atom is 0.327 e. The number of rotatable bonds is 8. The van der Waals surface area contributed by atoms with Gasteiger partial charge < -0.3 is 5.32 Å². The van der Waals surface area contributed by atoms with Crippen LogP contribution in [0.15, 0.2) is 58.1 Å². The van der Waals surface area contributed by atoms with Crippen LogP contribution in [0, 0.1) is 5.41 Å². The molecule has 0 aromatic heterocycles. The number of amidine groups is 1. The Bertz CT molecular complexity index is 1220. The van der Waals surface area contributed by atoms with Crippen LogP contribution in [0.1, 0.15) is 50.5 Å². The number of ketones is 1. The van der Waals surface area contributed by atoms with Crippen LogP contribution < -0.4 is 5.32 Å². The largest absolute Gasteiger partial charge is 0.327 e. The topological polar surface area (TPSA) is 75.6 Å². The minimum Gasteiger partial charge on any atom is -0.316 e. The number of benzene rings is 1. The van der Waals surface area contributed by atoms with Gasteiger partial charge in [-0.2, -0.15) is 8.42 Å².